The molecular formula is C21H34N2O4S. The lowest BCUT2D eigenvalue weighted by atomic mass is 9.96. The second-order valence-electron chi connectivity index (χ2n) is 7.69. The van der Waals surface area contributed by atoms with E-state index in [1.165, 1.54) is 4.31 Å². The van der Waals surface area contributed by atoms with Crippen LogP contribution in [-0.2, 0) is 14.8 Å². The van der Waals surface area contributed by atoms with Crippen LogP contribution < -0.4 is 4.74 Å². The maximum atomic E-state index is 13.0. The first-order valence-electron chi connectivity index (χ1n) is 10.3. The second kappa shape index (κ2) is 10.3. The van der Waals surface area contributed by atoms with Gasteiger partial charge in [-0.1, -0.05) is 19.8 Å². The molecule has 0 unspecified atom stereocenters. The molecule has 0 radical (unpaired) electrons. The van der Waals surface area contributed by atoms with Crippen LogP contribution in [0, 0.1) is 5.92 Å². The Bertz CT molecular complexity index is 723. The van der Waals surface area contributed by atoms with Crippen molar-refractivity contribution in [3.63, 3.8) is 0 Å². The Hall–Kier alpha value is -1.60. The molecule has 1 aliphatic heterocycles. The molecule has 1 fully saturated rings. The Kier molecular flexibility index (Phi) is 8.31. The molecule has 1 aromatic carbocycles. The number of carbonyl (C=O) groups excluding carboxylic acids is 1. The fourth-order valence-electron chi connectivity index (χ4n) is 3.63. The maximum Gasteiger partial charge on any atom is 0.243 e. The Labute approximate surface area is 169 Å². The SMILES string of the molecule is CCCCCN(C(=O)C1CCN(S(=O)(=O)c2ccc(OC)cc2)CC1)C(C)C. The predicted molar refractivity (Wildman–Crippen MR) is 111 cm³/mol. The lowest BCUT2D eigenvalue weighted by Crippen LogP contribution is -2.46. The van der Waals surface area contributed by atoms with Gasteiger partial charge in [0.25, 0.3) is 0 Å². The summed E-state index contributed by atoms with van der Waals surface area (Å²) in [5.74, 6) is 0.707. The van der Waals surface area contributed by atoms with Crippen LogP contribution >= 0.6 is 0 Å². The van der Waals surface area contributed by atoms with Crippen molar-refractivity contribution in [3.05, 3.63) is 24.3 Å². The van der Waals surface area contributed by atoms with E-state index >= 15 is 0 Å². The van der Waals surface area contributed by atoms with Crippen LogP contribution in [0.5, 0.6) is 5.75 Å². The van der Waals surface area contributed by atoms with Crippen LogP contribution in [0.25, 0.3) is 0 Å². The van der Waals surface area contributed by atoms with Crippen molar-refractivity contribution in [1.82, 2.24) is 9.21 Å². The molecule has 1 saturated heterocycles. The van der Waals surface area contributed by atoms with Crippen LogP contribution in [-0.4, -0.2) is 56.3 Å². The number of hydrogen-bond acceptors (Lipinski definition) is 4. The Morgan fingerprint density at radius 2 is 1.79 bits per heavy atom. The molecule has 6 nitrogen and oxygen atoms in total. The second-order valence-corrected chi connectivity index (χ2v) is 9.62. The highest BCUT2D eigenvalue weighted by Crippen LogP contribution is 2.26. The van der Waals surface area contributed by atoms with E-state index in [0.717, 1.165) is 25.8 Å². The Morgan fingerprint density at radius 3 is 2.29 bits per heavy atom. The topological polar surface area (TPSA) is 66.9 Å². The standard InChI is InChI=1S/C21H34N2O4S/c1-5-6-7-14-23(17(2)3)21(24)18-12-15-22(16-13-18)28(25,26)20-10-8-19(27-4)9-11-20/h8-11,17-18H,5-7,12-16H2,1-4H3. The summed E-state index contributed by atoms with van der Waals surface area (Å²) in [5.41, 5.74) is 0. The van der Waals surface area contributed by atoms with Crippen molar-refractivity contribution < 1.29 is 17.9 Å². The number of sulfonamides is 1. The molecule has 0 saturated carbocycles. The van der Waals surface area contributed by atoms with E-state index in [1.54, 1.807) is 31.4 Å². The lowest BCUT2D eigenvalue weighted by molar-refractivity contribution is -0.138. The van der Waals surface area contributed by atoms with Crippen molar-refractivity contribution in [2.45, 2.75) is 63.8 Å². The molecule has 0 spiro atoms. The molecule has 1 aliphatic rings. The van der Waals surface area contributed by atoms with Gasteiger partial charge in [-0.2, -0.15) is 4.31 Å². The molecule has 0 aromatic heterocycles. The van der Waals surface area contributed by atoms with Gasteiger partial charge in [-0.25, -0.2) is 8.42 Å². The van der Waals surface area contributed by atoms with Crippen LogP contribution in [0.4, 0.5) is 0 Å². The highest BCUT2D eigenvalue weighted by atomic mass is 32.2. The van der Waals surface area contributed by atoms with E-state index in [2.05, 4.69) is 6.92 Å². The number of methoxy groups -OCH3 is 1. The predicted octanol–water partition coefficient (Wildman–Crippen LogP) is 3.52. The molecule has 1 aromatic rings. The Morgan fingerprint density at radius 1 is 1.18 bits per heavy atom. The van der Waals surface area contributed by atoms with Crippen LogP contribution in [0.15, 0.2) is 29.2 Å². The molecule has 2 rings (SSSR count). The summed E-state index contributed by atoms with van der Waals surface area (Å²) in [4.78, 5) is 15.2. The van der Waals surface area contributed by atoms with Gasteiger partial charge in [-0.15, -0.1) is 0 Å². The first-order chi connectivity index (χ1) is 13.3. The minimum Gasteiger partial charge on any atom is -0.497 e. The third-order valence-electron chi connectivity index (χ3n) is 5.41. The van der Waals surface area contributed by atoms with Gasteiger partial charge < -0.3 is 9.64 Å². The van der Waals surface area contributed by atoms with Crippen molar-refractivity contribution in [1.29, 1.82) is 0 Å². The zero-order valence-electron chi connectivity index (χ0n) is 17.6. The average molecular weight is 411 g/mol. The molecule has 0 aliphatic carbocycles. The molecule has 158 valence electrons. The molecule has 0 bridgehead atoms. The van der Waals surface area contributed by atoms with Gasteiger partial charge in [0.1, 0.15) is 5.75 Å². The van der Waals surface area contributed by atoms with Gasteiger partial charge in [0.2, 0.25) is 15.9 Å². The smallest absolute Gasteiger partial charge is 0.243 e. The number of hydrogen-bond donors (Lipinski definition) is 0. The zero-order valence-corrected chi connectivity index (χ0v) is 18.4. The molecule has 0 atom stereocenters. The monoisotopic (exact) mass is 410 g/mol. The van der Waals surface area contributed by atoms with Gasteiger partial charge in [-0.05, 0) is 57.4 Å². The third kappa shape index (κ3) is 5.47. The number of amides is 1. The zero-order chi connectivity index (χ0) is 20.7. The van der Waals surface area contributed by atoms with Crippen LogP contribution in [0.1, 0.15) is 52.9 Å². The molecule has 1 amide bonds. The van der Waals surface area contributed by atoms with Crippen molar-refractivity contribution in [3.8, 4) is 5.75 Å². The van der Waals surface area contributed by atoms with Gasteiger partial charge in [0, 0.05) is 31.6 Å². The van der Waals surface area contributed by atoms with E-state index in [4.69, 9.17) is 4.74 Å². The van der Waals surface area contributed by atoms with E-state index < -0.39 is 10.0 Å². The summed E-state index contributed by atoms with van der Waals surface area (Å²) < 4.78 is 32.3. The summed E-state index contributed by atoms with van der Waals surface area (Å²) in [5, 5.41) is 0. The van der Waals surface area contributed by atoms with Crippen molar-refractivity contribution in [2.24, 2.45) is 5.92 Å². The fourth-order valence-corrected chi connectivity index (χ4v) is 5.10. The molecule has 7 heteroatoms. The summed E-state index contributed by atoms with van der Waals surface area (Å²) in [6, 6.07) is 6.62. The number of benzene rings is 1. The number of rotatable bonds is 9. The molecular weight excluding hydrogens is 376 g/mol. The summed E-state index contributed by atoms with van der Waals surface area (Å²) >= 11 is 0. The summed E-state index contributed by atoms with van der Waals surface area (Å²) in [7, 11) is -1.99. The number of carbonyl (C=O) groups is 1. The normalized spacial score (nSPS) is 16.3. The Balaban J connectivity index is 1.99. The minimum atomic E-state index is -3.54. The van der Waals surface area contributed by atoms with Crippen molar-refractivity contribution >= 4 is 15.9 Å². The van der Waals surface area contributed by atoms with Gasteiger partial charge in [0.15, 0.2) is 0 Å². The molecule has 1 heterocycles. The lowest BCUT2D eigenvalue weighted by Gasteiger charge is -2.35. The number of piperidine rings is 1. The van der Waals surface area contributed by atoms with Gasteiger partial charge in [-0.3, -0.25) is 4.79 Å². The molecule has 28 heavy (non-hydrogen) atoms. The average Bonchev–Trinajstić information content (AvgIpc) is 2.70. The highest BCUT2D eigenvalue weighted by Gasteiger charge is 2.34. The quantitative estimate of drug-likeness (QED) is 0.584. The summed E-state index contributed by atoms with van der Waals surface area (Å²) in [6.07, 6.45) is 4.42. The number of nitrogens with zero attached hydrogens (tertiary/aromatic N) is 2. The highest BCUT2D eigenvalue weighted by molar-refractivity contribution is 7.89. The first kappa shape index (κ1) is 22.7. The van der Waals surface area contributed by atoms with E-state index in [-0.39, 0.29) is 22.8 Å². The van der Waals surface area contributed by atoms with Crippen molar-refractivity contribution in [2.75, 3.05) is 26.7 Å². The molecule has 0 N–H and O–H groups in total. The van der Waals surface area contributed by atoms with Gasteiger partial charge in [0.05, 0.1) is 12.0 Å². The fraction of sp³-hybridized carbons (Fsp3) is 0.667. The first-order valence-corrected chi connectivity index (χ1v) is 11.7. The van der Waals surface area contributed by atoms with E-state index in [9.17, 15) is 13.2 Å². The third-order valence-corrected chi connectivity index (χ3v) is 7.32. The van der Waals surface area contributed by atoms with E-state index in [0.29, 0.717) is 31.7 Å². The summed E-state index contributed by atoms with van der Waals surface area (Å²) in [6.45, 7) is 7.80. The van der Waals surface area contributed by atoms with Crippen LogP contribution in [0.3, 0.4) is 0 Å². The van der Waals surface area contributed by atoms with Crippen LogP contribution in [0.2, 0.25) is 0 Å². The van der Waals surface area contributed by atoms with E-state index in [1.807, 2.05) is 18.7 Å². The minimum absolute atomic E-state index is 0.0913. The number of unbranched alkanes of at least 4 members (excludes halogenated alkanes) is 2. The largest absolute Gasteiger partial charge is 0.497 e. The number of ether oxygens (including phenoxy) is 1. The maximum absolute atomic E-state index is 13.0. The van der Waals surface area contributed by atoms with Gasteiger partial charge >= 0.3 is 0 Å².